The van der Waals surface area contributed by atoms with Crippen molar-refractivity contribution in [3.8, 4) is 0 Å². The highest BCUT2D eigenvalue weighted by Gasteiger charge is 2.05. The van der Waals surface area contributed by atoms with E-state index in [9.17, 15) is 4.21 Å². The summed E-state index contributed by atoms with van der Waals surface area (Å²) in [6, 6.07) is 9.47. The average Bonchev–Trinajstić information content (AvgIpc) is 2.72. The molecule has 0 bridgehead atoms. The van der Waals surface area contributed by atoms with E-state index in [1.165, 1.54) is 11.3 Å². The van der Waals surface area contributed by atoms with E-state index >= 15 is 0 Å². The van der Waals surface area contributed by atoms with Crippen LogP contribution in [-0.2, 0) is 16.6 Å². The van der Waals surface area contributed by atoms with Gasteiger partial charge in [0.1, 0.15) is 0 Å². The van der Waals surface area contributed by atoms with Gasteiger partial charge in [-0.15, -0.1) is 11.3 Å². The van der Waals surface area contributed by atoms with Gasteiger partial charge in [0, 0.05) is 6.20 Å². The van der Waals surface area contributed by atoms with Crippen molar-refractivity contribution in [1.82, 2.24) is 4.98 Å². The van der Waals surface area contributed by atoms with Crippen LogP contribution in [0.4, 0.5) is 0 Å². The van der Waals surface area contributed by atoms with Gasteiger partial charge in [-0.25, -0.2) is 0 Å². The van der Waals surface area contributed by atoms with Gasteiger partial charge in [0.2, 0.25) is 0 Å². The van der Waals surface area contributed by atoms with E-state index in [0.29, 0.717) is 5.75 Å². The molecule has 0 amide bonds. The summed E-state index contributed by atoms with van der Waals surface area (Å²) < 4.78 is 12.7. The Labute approximate surface area is 89.1 Å². The van der Waals surface area contributed by atoms with E-state index in [1.807, 2.05) is 35.7 Å². The first kappa shape index (κ1) is 9.55. The van der Waals surface area contributed by atoms with Crippen molar-refractivity contribution in [2.24, 2.45) is 0 Å². The monoisotopic (exact) mass is 223 g/mol. The van der Waals surface area contributed by atoms with Gasteiger partial charge >= 0.3 is 0 Å². The largest absolute Gasteiger partial charge is 0.260 e. The summed E-state index contributed by atoms with van der Waals surface area (Å²) >= 11 is 1.52. The van der Waals surface area contributed by atoms with Gasteiger partial charge < -0.3 is 0 Å². The molecule has 72 valence electrons. The quantitative estimate of drug-likeness (QED) is 0.800. The number of rotatable bonds is 3. The summed E-state index contributed by atoms with van der Waals surface area (Å²) in [4.78, 5) is 4.14. The highest BCUT2D eigenvalue weighted by Crippen LogP contribution is 2.16. The standard InChI is InChI=1S/C10H9NOS2/c12-14(10-5-3-7-13-10)8-9-4-1-2-6-11-9/h1-7H,8H2. The Morgan fingerprint density at radius 1 is 1.29 bits per heavy atom. The van der Waals surface area contributed by atoms with E-state index in [2.05, 4.69) is 4.98 Å². The fourth-order valence-electron chi connectivity index (χ4n) is 1.08. The van der Waals surface area contributed by atoms with Gasteiger partial charge in [0.25, 0.3) is 0 Å². The normalized spacial score (nSPS) is 12.6. The third kappa shape index (κ3) is 2.27. The van der Waals surface area contributed by atoms with E-state index in [-0.39, 0.29) is 0 Å². The number of pyridine rings is 1. The van der Waals surface area contributed by atoms with Crippen LogP contribution >= 0.6 is 11.3 Å². The number of thiophene rings is 1. The highest BCUT2D eigenvalue weighted by atomic mass is 32.2. The smallest absolute Gasteiger partial charge is 0.0914 e. The zero-order chi connectivity index (χ0) is 9.80. The molecule has 0 radical (unpaired) electrons. The van der Waals surface area contributed by atoms with Crippen molar-refractivity contribution in [2.45, 2.75) is 9.96 Å². The number of nitrogens with zero attached hydrogens (tertiary/aromatic N) is 1. The highest BCUT2D eigenvalue weighted by molar-refractivity contribution is 7.86. The second kappa shape index (κ2) is 4.48. The van der Waals surface area contributed by atoms with Gasteiger partial charge in [-0.2, -0.15) is 0 Å². The summed E-state index contributed by atoms with van der Waals surface area (Å²) in [7, 11) is -0.947. The molecule has 2 aromatic rings. The molecule has 0 aromatic carbocycles. The van der Waals surface area contributed by atoms with Crippen LogP contribution in [0.3, 0.4) is 0 Å². The van der Waals surface area contributed by atoms with Crippen LogP contribution < -0.4 is 0 Å². The molecule has 0 spiro atoms. The Balaban J connectivity index is 2.10. The maximum absolute atomic E-state index is 11.8. The first-order valence-electron chi connectivity index (χ1n) is 4.18. The van der Waals surface area contributed by atoms with Gasteiger partial charge in [-0.1, -0.05) is 12.1 Å². The van der Waals surface area contributed by atoms with Crippen LogP contribution in [0.5, 0.6) is 0 Å². The molecule has 2 heterocycles. The molecule has 0 aliphatic rings. The SMILES string of the molecule is O=S(Cc1ccccn1)c1cccs1. The molecule has 2 rings (SSSR count). The fraction of sp³-hybridized carbons (Fsp3) is 0.100. The van der Waals surface area contributed by atoms with Crippen LogP contribution in [0, 0.1) is 0 Å². The summed E-state index contributed by atoms with van der Waals surface area (Å²) in [6.45, 7) is 0. The summed E-state index contributed by atoms with van der Waals surface area (Å²) in [5, 5.41) is 1.94. The maximum Gasteiger partial charge on any atom is 0.0914 e. The molecule has 4 heteroatoms. The molecule has 1 unspecified atom stereocenters. The first-order chi connectivity index (χ1) is 6.86. The minimum Gasteiger partial charge on any atom is -0.260 e. The predicted molar refractivity (Wildman–Crippen MR) is 58.7 cm³/mol. The molecular formula is C10H9NOS2. The third-order valence-corrected chi connectivity index (χ3v) is 4.38. The van der Waals surface area contributed by atoms with Crippen molar-refractivity contribution in [3.05, 3.63) is 47.6 Å². The Hall–Kier alpha value is -1.000. The lowest BCUT2D eigenvalue weighted by Crippen LogP contribution is -1.95. The minimum atomic E-state index is -0.947. The third-order valence-electron chi connectivity index (χ3n) is 1.72. The van der Waals surface area contributed by atoms with Crippen LogP contribution in [-0.4, -0.2) is 9.19 Å². The molecule has 1 atom stereocenters. The second-order valence-electron chi connectivity index (χ2n) is 2.74. The Morgan fingerprint density at radius 2 is 2.21 bits per heavy atom. The fourth-order valence-corrected chi connectivity index (χ4v) is 3.12. The van der Waals surface area contributed by atoms with Crippen LogP contribution in [0.2, 0.25) is 0 Å². The van der Waals surface area contributed by atoms with Gasteiger partial charge in [0.15, 0.2) is 0 Å². The lowest BCUT2D eigenvalue weighted by Gasteiger charge is -1.97. The predicted octanol–water partition coefficient (Wildman–Crippen LogP) is 2.45. The van der Waals surface area contributed by atoms with E-state index < -0.39 is 10.8 Å². The topological polar surface area (TPSA) is 30.0 Å². The molecule has 2 aromatic heterocycles. The molecule has 0 saturated heterocycles. The number of hydrogen-bond acceptors (Lipinski definition) is 3. The zero-order valence-corrected chi connectivity index (χ0v) is 9.05. The van der Waals surface area contributed by atoms with Crippen molar-refractivity contribution in [1.29, 1.82) is 0 Å². The Bertz CT molecular complexity index is 411. The summed E-state index contributed by atoms with van der Waals surface area (Å²) in [5.41, 5.74) is 0.874. The van der Waals surface area contributed by atoms with Gasteiger partial charge in [0.05, 0.1) is 26.5 Å². The molecular weight excluding hydrogens is 214 g/mol. The van der Waals surface area contributed by atoms with Crippen LogP contribution in [0.25, 0.3) is 0 Å². The summed E-state index contributed by atoms with van der Waals surface area (Å²) in [5.74, 6) is 0.501. The molecule has 0 saturated carbocycles. The van der Waals surface area contributed by atoms with Crippen molar-refractivity contribution in [2.75, 3.05) is 0 Å². The van der Waals surface area contributed by atoms with E-state index in [1.54, 1.807) is 6.20 Å². The molecule has 0 N–H and O–H groups in total. The minimum absolute atomic E-state index is 0.501. The average molecular weight is 223 g/mol. The first-order valence-corrected chi connectivity index (χ1v) is 6.38. The molecule has 0 aliphatic heterocycles. The lowest BCUT2D eigenvalue weighted by atomic mass is 10.4. The van der Waals surface area contributed by atoms with Crippen LogP contribution in [0.1, 0.15) is 5.69 Å². The molecule has 2 nitrogen and oxygen atoms in total. The molecule has 0 aliphatic carbocycles. The van der Waals surface area contributed by atoms with Crippen molar-refractivity contribution >= 4 is 22.1 Å². The van der Waals surface area contributed by atoms with Crippen molar-refractivity contribution in [3.63, 3.8) is 0 Å². The second-order valence-corrected chi connectivity index (χ2v) is 5.37. The Kier molecular flexibility index (Phi) is 3.06. The van der Waals surface area contributed by atoms with E-state index in [0.717, 1.165) is 9.90 Å². The van der Waals surface area contributed by atoms with Crippen LogP contribution in [0.15, 0.2) is 46.1 Å². The summed E-state index contributed by atoms with van der Waals surface area (Å²) in [6.07, 6.45) is 1.72. The maximum atomic E-state index is 11.8. The van der Waals surface area contributed by atoms with Gasteiger partial charge in [-0.3, -0.25) is 9.19 Å². The van der Waals surface area contributed by atoms with Gasteiger partial charge in [-0.05, 0) is 23.6 Å². The number of aromatic nitrogens is 1. The lowest BCUT2D eigenvalue weighted by molar-refractivity contribution is 0.683. The van der Waals surface area contributed by atoms with Crippen molar-refractivity contribution < 1.29 is 4.21 Å². The zero-order valence-electron chi connectivity index (χ0n) is 7.42. The molecule has 14 heavy (non-hydrogen) atoms. The number of hydrogen-bond donors (Lipinski definition) is 0. The Morgan fingerprint density at radius 3 is 2.86 bits per heavy atom. The van der Waals surface area contributed by atoms with E-state index in [4.69, 9.17) is 0 Å². The molecule has 0 fully saturated rings.